The van der Waals surface area contributed by atoms with E-state index in [0.717, 1.165) is 0 Å². The number of rotatable bonds is 11. The Balaban J connectivity index is 1.87. The van der Waals surface area contributed by atoms with Crippen LogP contribution in [0.25, 0.3) is 11.2 Å². The number of amides is 1. The fraction of sp³-hybridized carbons (Fsp3) is 0.696. The van der Waals surface area contributed by atoms with Crippen LogP contribution in [0.1, 0.15) is 68.9 Å². The molecule has 2 aromatic heterocycles. The van der Waals surface area contributed by atoms with E-state index in [9.17, 15) is 9.59 Å². The Kier molecular flexibility index (Phi) is 9.04. The summed E-state index contributed by atoms with van der Waals surface area (Å²) in [5.74, 6) is -0.543. The van der Waals surface area contributed by atoms with E-state index in [2.05, 4.69) is 58.7 Å². The van der Waals surface area contributed by atoms with Crippen LogP contribution in [-0.4, -0.2) is 61.0 Å². The van der Waals surface area contributed by atoms with Gasteiger partial charge in [-0.2, -0.15) is 10.2 Å². The van der Waals surface area contributed by atoms with Crippen LogP contribution in [0.15, 0.2) is 11.1 Å². The van der Waals surface area contributed by atoms with Crippen LogP contribution >= 0.6 is 8.53 Å². The molecular weight excluding hydrogens is 485 g/mol. The quantitative estimate of drug-likeness (QED) is 0.333. The van der Waals surface area contributed by atoms with Gasteiger partial charge in [-0.25, -0.2) is 9.65 Å². The van der Waals surface area contributed by atoms with Gasteiger partial charge in [0.15, 0.2) is 11.2 Å². The second-order valence-electron chi connectivity index (χ2n) is 9.44. The SMILES string of the molecule is [2H]C[C@H]1O[C@@H](n2cnc3c(=O)[nH]c(NC(=O)C(C)C)nc32)C[C@H]1OP(OCCC#N)N(C(C)C)C(C)C. The van der Waals surface area contributed by atoms with E-state index in [-0.39, 0.29) is 60.9 Å². The van der Waals surface area contributed by atoms with Crippen molar-refractivity contribution in [2.24, 2.45) is 5.92 Å². The van der Waals surface area contributed by atoms with Gasteiger partial charge in [0.1, 0.15) is 6.23 Å². The van der Waals surface area contributed by atoms with Gasteiger partial charge in [0.25, 0.3) is 14.1 Å². The van der Waals surface area contributed by atoms with E-state index in [1.165, 1.54) is 6.33 Å². The number of hydrogen-bond donors (Lipinski definition) is 2. The number of aromatic amines is 1. The minimum atomic E-state index is -1.52. The van der Waals surface area contributed by atoms with Gasteiger partial charge in [-0.3, -0.25) is 24.5 Å². The zero-order chi connectivity index (χ0) is 27.3. The summed E-state index contributed by atoms with van der Waals surface area (Å²) in [6.45, 7) is 11.9. The molecule has 0 saturated carbocycles. The zero-order valence-electron chi connectivity index (χ0n) is 22.6. The zero-order valence-corrected chi connectivity index (χ0v) is 22.5. The van der Waals surface area contributed by atoms with Gasteiger partial charge in [0.2, 0.25) is 11.9 Å². The van der Waals surface area contributed by atoms with Gasteiger partial charge in [0, 0.05) is 25.8 Å². The van der Waals surface area contributed by atoms with Gasteiger partial charge < -0.3 is 13.8 Å². The Bertz CT molecular complexity index is 1160. The molecular formula is C23H36N7O5P. The van der Waals surface area contributed by atoms with Crippen molar-refractivity contribution in [2.75, 3.05) is 11.9 Å². The van der Waals surface area contributed by atoms with Gasteiger partial charge in [-0.15, -0.1) is 0 Å². The molecule has 12 nitrogen and oxygen atoms in total. The predicted octanol–water partition coefficient (Wildman–Crippen LogP) is 3.68. The maximum absolute atomic E-state index is 12.6. The number of hydrogen-bond acceptors (Lipinski definition) is 9. The van der Waals surface area contributed by atoms with E-state index in [1.54, 1.807) is 18.4 Å². The molecule has 2 N–H and O–H groups in total. The summed E-state index contributed by atoms with van der Waals surface area (Å²) in [5.41, 5.74) is -0.105. The van der Waals surface area contributed by atoms with Crippen molar-refractivity contribution < 1.29 is 19.9 Å². The largest absolute Gasteiger partial charge is 0.352 e. The molecule has 1 aliphatic rings. The molecule has 4 atom stereocenters. The molecule has 1 aliphatic heterocycles. The Morgan fingerprint density at radius 2 is 2.14 bits per heavy atom. The van der Waals surface area contributed by atoms with E-state index >= 15 is 0 Å². The second kappa shape index (κ2) is 12.2. The van der Waals surface area contributed by atoms with Crippen LogP contribution in [0, 0.1) is 17.2 Å². The van der Waals surface area contributed by atoms with Gasteiger partial charge in [-0.1, -0.05) is 13.8 Å². The Morgan fingerprint density at radius 3 is 2.75 bits per heavy atom. The fourth-order valence-corrected chi connectivity index (χ4v) is 5.61. The maximum Gasteiger partial charge on any atom is 0.280 e. The number of carbonyl (C=O) groups is 1. The lowest BCUT2D eigenvalue weighted by molar-refractivity contribution is -0.118. The number of fused-ring (bicyclic) bond motifs is 1. The first-order valence-electron chi connectivity index (χ1n) is 12.7. The minimum Gasteiger partial charge on any atom is -0.352 e. The van der Waals surface area contributed by atoms with Crippen molar-refractivity contribution in [3.8, 4) is 6.07 Å². The number of nitrogens with one attached hydrogen (secondary N) is 2. The molecule has 0 aliphatic carbocycles. The van der Waals surface area contributed by atoms with E-state index in [1.807, 2.05) is 0 Å². The molecule has 1 unspecified atom stereocenters. The highest BCUT2D eigenvalue weighted by Crippen LogP contribution is 2.50. The topological polar surface area (TPSA) is 147 Å². The first kappa shape index (κ1) is 26.6. The Morgan fingerprint density at radius 1 is 1.42 bits per heavy atom. The normalized spacial score (nSPS) is 21.5. The number of nitriles is 1. The second-order valence-corrected chi connectivity index (χ2v) is 10.8. The molecule has 198 valence electrons. The molecule has 0 bridgehead atoms. The molecule has 13 heteroatoms. The van der Waals surface area contributed by atoms with Crippen LogP contribution in [0.5, 0.6) is 0 Å². The molecule has 3 heterocycles. The summed E-state index contributed by atoms with van der Waals surface area (Å²) in [6, 6.07) is 2.35. The molecule has 1 amide bonds. The van der Waals surface area contributed by atoms with E-state index in [0.29, 0.717) is 6.42 Å². The van der Waals surface area contributed by atoms with E-state index in [4.69, 9.17) is 20.4 Å². The van der Waals surface area contributed by atoms with Gasteiger partial charge in [0.05, 0.1) is 37.6 Å². The summed E-state index contributed by atoms with van der Waals surface area (Å²) in [4.78, 5) is 35.8. The molecule has 1 saturated heterocycles. The number of anilines is 1. The summed E-state index contributed by atoms with van der Waals surface area (Å²) in [6.07, 6.45) is 0.494. The average Bonchev–Trinajstić information content (AvgIpc) is 3.42. The number of carbonyl (C=O) groups excluding carboxylic acids is 1. The first-order chi connectivity index (χ1) is 17.6. The molecule has 36 heavy (non-hydrogen) atoms. The van der Waals surface area contributed by atoms with Crippen molar-refractivity contribution in [2.45, 2.75) is 91.8 Å². The van der Waals surface area contributed by atoms with Crippen LogP contribution in [0.4, 0.5) is 5.95 Å². The maximum atomic E-state index is 12.6. The van der Waals surface area contributed by atoms with Crippen molar-refractivity contribution in [1.29, 1.82) is 5.26 Å². The Hall–Kier alpha value is -2.42. The van der Waals surface area contributed by atoms with Crippen molar-refractivity contribution >= 4 is 31.5 Å². The molecule has 0 spiro atoms. The number of imidazole rings is 1. The number of H-pyrrole nitrogens is 1. The van der Waals surface area contributed by atoms with Crippen LogP contribution < -0.4 is 10.9 Å². The third-order valence-corrected chi connectivity index (χ3v) is 7.73. The summed E-state index contributed by atoms with van der Waals surface area (Å²) in [5, 5.41) is 11.6. The summed E-state index contributed by atoms with van der Waals surface area (Å²) >= 11 is 0. The predicted molar refractivity (Wildman–Crippen MR) is 136 cm³/mol. The highest BCUT2D eigenvalue weighted by molar-refractivity contribution is 7.44. The molecule has 0 radical (unpaired) electrons. The summed E-state index contributed by atoms with van der Waals surface area (Å²) in [7, 11) is -1.52. The van der Waals surface area contributed by atoms with Crippen molar-refractivity contribution in [3.05, 3.63) is 16.7 Å². The molecule has 1 fully saturated rings. The van der Waals surface area contributed by atoms with Crippen LogP contribution in [0.2, 0.25) is 0 Å². The third kappa shape index (κ3) is 6.47. The fourth-order valence-electron chi connectivity index (χ4n) is 3.85. The smallest absolute Gasteiger partial charge is 0.280 e. The van der Waals surface area contributed by atoms with Crippen molar-refractivity contribution in [3.63, 3.8) is 0 Å². The standard InChI is InChI=1S/C23H36N7O5P/c1-13(2)21(31)27-23-26-20-19(22(32)28-23)25-12-29(20)18-11-17(16(7)34-18)35-36(33-10-8-9-24)30(14(3)4)15(5)6/h12-18H,8,10-11H2,1-7H3,(H2,26,27,28,31,32)/t16-,17-,18-,36?/m1/s1/i7D. The number of ether oxygens (including phenoxy) is 1. The molecule has 3 rings (SSSR count). The lowest BCUT2D eigenvalue weighted by atomic mass is 10.2. The monoisotopic (exact) mass is 522 g/mol. The third-order valence-electron chi connectivity index (χ3n) is 5.58. The van der Waals surface area contributed by atoms with Gasteiger partial charge in [-0.05, 0) is 34.6 Å². The molecule has 0 aromatic carbocycles. The van der Waals surface area contributed by atoms with Crippen LogP contribution in [-0.2, 0) is 18.6 Å². The minimum absolute atomic E-state index is 0.0275. The molecule has 2 aromatic rings. The summed E-state index contributed by atoms with van der Waals surface area (Å²) < 4.78 is 30.4. The average molecular weight is 523 g/mol. The van der Waals surface area contributed by atoms with E-state index < -0.39 is 32.5 Å². The lowest BCUT2D eigenvalue weighted by Crippen LogP contribution is -2.35. The lowest BCUT2D eigenvalue weighted by Gasteiger charge is -2.37. The highest BCUT2D eigenvalue weighted by Gasteiger charge is 2.39. The first-order valence-corrected chi connectivity index (χ1v) is 13.2. The number of aromatic nitrogens is 4. The van der Waals surface area contributed by atoms with Crippen molar-refractivity contribution in [1.82, 2.24) is 24.2 Å². The van der Waals surface area contributed by atoms with Crippen LogP contribution in [0.3, 0.4) is 0 Å². The number of nitrogens with zero attached hydrogens (tertiary/aromatic N) is 5. The van der Waals surface area contributed by atoms with Gasteiger partial charge >= 0.3 is 0 Å². The highest BCUT2D eigenvalue weighted by atomic mass is 31.2. The Labute approximate surface area is 213 Å².